The molecule has 6 heteroatoms. The summed E-state index contributed by atoms with van der Waals surface area (Å²) in [6.45, 7) is 1.54. The van der Waals surface area contributed by atoms with Gasteiger partial charge in [0.1, 0.15) is 17.1 Å². The van der Waals surface area contributed by atoms with Gasteiger partial charge in [-0.25, -0.2) is 4.79 Å². The molecule has 154 valence electrons. The van der Waals surface area contributed by atoms with Crippen LogP contribution in [0.2, 0.25) is 0 Å². The SMILES string of the molecule is Cc1ccc(C(NC(=O)COC(=O)c2cc(O)c3ccccc3c2O)C2CC2)cc1. The Morgan fingerprint density at radius 1 is 1.07 bits per heavy atom. The number of aromatic hydroxyl groups is 2. The van der Waals surface area contributed by atoms with E-state index in [-0.39, 0.29) is 23.1 Å². The van der Waals surface area contributed by atoms with E-state index in [9.17, 15) is 19.8 Å². The number of amides is 1. The van der Waals surface area contributed by atoms with Crippen molar-refractivity contribution in [3.63, 3.8) is 0 Å². The highest BCUT2D eigenvalue weighted by atomic mass is 16.5. The van der Waals surface area contributed by atoms with Crippen molar-refractivity contribution in [2.24, 2.45) is 5.92 Å². The molecule has 4 rings (SSSR count). The molecule has 1 atom stereocenters. The summed E-state index contributed by atoms with van der Waals surface area (Å²) < 4.78 is 5.11. The highest BCUT2D eigenvalue weighted by molar-refractivity contribution is 6.04. The number of phenols is 2. The Bertz CT molecular complexity index is 1100. The number of benzene rings is 3. The van der Waals surface area contributed by atoms with Crippen LogP contribution in [-0.2, 0) is 9.53 Å². The third-order valence-corrected chi connectivity index (χ3v) is 5.39. The van der Waals surface area contributed by atoms with Crippen molar-refractivity contribution >= 4 is 22.6 Å². The number of carbonyl (C=O) groups is 2. The molecule has 6 nitrogen and oxygen atoms in total. The molecule has 3 aromatic carbocycles. The summed E-state index contributed by atoms with van der Waals surface area (Å²) >= 11 is 0. The van der Waals surface area contributed by atoms with Gasteiger partial charge in [-0.1, -0.05) is 54.1 Å². The molecule has 1 fully saturated rings. The fourth-order valence-electron chi connectivity index (χ4n) is 3.60. The van der Waals surface area contributed by atoms with E-state index >= 15 is 0 Å². The van der Waals surface area contributed by atoms with Crippen LogP contribution in [0.15, 0.2) is 54.6 Å². The van der Waals surface area contributed by atoms with Gasteiger partial charge in [-0.15, -0.1) is 0 Å². The predicted octanol–water partition coefficient (Wildman–Crippen LogP) is 3.98. The average molecular weight is 405 g/mol. The van der Waals surface area contributed by atoms with Gasteiger partial charge in [0, 0.05) is 10.8 Å². The first-order chi connectivity index (χ1) is 14.4. The van der Waals surface area contributed by atoms with Gasteiger partial charge in [0.05, 0.1) is 6.04 Å². The van der Waals surface area contributed by atoms with Gasteiger partial charge in [0.15, 0.2) is 6.61 Å². The molecule has 3 N–H and O–H groups in total. The number of rotatable bonds is 6. The topological polar surface area (TPSA) is 95.9 Å². The maximum atomic E-state index is 12.4. The molecule has 30 heavy (non-hydrogen) atoms. The summed E-state index contributed by atoms with van der Waals surface area (Å²) in [5.74, 6) is -1.33. The molecule has 0 spiro atoms. The fourth-order valence-corrected chi connectivity index (χ4v) is 3.60. The molecule has 1 aliphatic carbocycles. The lowest BCUT2D eigenvalue weighted by Gasteiger charge is -2.19. The minimum Gasteiger partial charge on any atom is -0.507 e. The molecule has 0 radical (unpaired) electrons. The lowest BCUT2D eigenvalue weighted by atomic mass is 10.0. The van der Waals surface area contributed by atoms with E-state index < -0.39 is 18.5 Å². The average Bonchev–Trinajstić information content (AvgIpc) is 3.59. The zero-order valence-electron chi connectivity index (χ0n) is 16.6. The van der Waals surface area contributed by atoms with Crippen molar-refractivity contribution < 1.29 is 24.5 Å². The van der Waals surface area contributed by atoms with E-state index in [1.807, 2.05) is 31.2 Å². The number of carbonyl (C=O) groups excluding carboxylic acids is 2. The van der Waals surface area contributed by atoms with Crippen molar-refractivity contribution in [1.29, 1.82) is 0 Å². The van der Waals surface area contributed by atoms with Crippen LogP contribution in [0.25, 0.3) is 10.8 Å². The van der Waals surface area contributed by atoms with Crippen LogP contribution in [0.5, 0.6) is 11.5 Å². The summed E-state index contributed by atoms with van der Waals surface area (Å²) in [4.78, 5) is 24.9. The van der Waals surface area contributed by atoms with E-state index in [1.165, 1.54) is 0 Å². The number of aryl methyl sites for hydroxylation is 1. The van der Waals surface area contributed by atoms with Gasteiger partial charge < -0.3 is 20.3 Å². The fraction of sp³-hybridized carbons (Fsp3) is 0.250. The summed E-state index contributed by atoms with van der Waals surface area (Å²) in [6, 6.07) is 15.7. The first kappa shape index (κ1) is 19.8. The zero-order valence-corrected chi connectivity index (χ0v) is 16.6. The van der Waals surface area contributed by atoms with Crippen LogP contribution >= 0.6 is 0 Å². The van der Waals surface area contributed by atoms with E-state index in [0.717, 1.165) is 30.0 Å². The van der Waals surface area contributed by atoms with E-state index in [2.05, 4.69) is 5.32 Å². The van der Waals surface area contributed by atoms with Crippen LogP contribution in [0.1, 0.15) is 40.4 Å². The van der Waals surface area contributed by atoms with Crippen molar-refractivity contribution in [2.45, 2.75) is 25.8 Å². The molecular formula is C24H23NO5. The van der Waals surface area contributed by atoms with Crippen LogP contribution in [-0.4, -0.2) is 28.7 Å². The number of hydrogen-bond donors (Lipinski definition) is 3. The number of fused-ring (bicyclic) bond motifs is 1. The number of nitrogens with one attached hydrogen (secondary N) is 1. The molecule has 1 aliphatic rings. The maximum absolute atomic E-state index is 12.4. The van der Waals surface area contributed by atoms with E-state index in [1.54, 1.807) is 24.3 Å². The van der Waals surface area contributed by atoms with Crippen molar-refractivity contribution in [3.05, 3.63) is 71.3 Å². The maximum Gasteiger partial charge on any atom is 0.342 e. The first-order valence-electron chi connectivity index (χ1n) is 9.91. The summed E-state index contributed by atoms with van der Waals surface area (Å²) in [5.41, 5.74) is 1.99. The molecule has 3 aromatic rings. The molecule has 0 heterocycles. The zero-order chi connectivity index (χ0) is 21.3. The quantitative estimate of drug-likeness (QED) is 0.426. The number of phenolic OH excluding ortho intramolecular Hbond substituents is 2. The summed E-state index contributed by atoms with van der Waals surface area (Å²) in [5, 5.41) is 24.2. The number of ether oxygens (including phenoxy) is 1. The van der Waals surface area contributed by atoms with E-state index in [0.29, 0.717) is 16.7 Å². The van der Waals surface area contributed by atoms with Crippen molar-refractivity contribution in [1.82, 2.24) is 5.32 Å². The molecule has 0 aromatic heterocycles. The second kappa shape index (κ2) is 8.06. The Balaban J connectivity index is 1.43. The van der Waals surface area contributed by atoms with Gasteiger partial charge in [0.2, 0.25) is 0 Å². The Hall–Kier alpha value is -3.54. The largest absolute Gasteiger partial charge is 0.507 e. The second-order valence-electron chi connectivity index (χ2n) is 7.71. The van der Waals surface area contributed by atoms with Crippen LogP contribution in [0.4, 0.5) is 0 Å². The summed E-state index contributed by atoms with van der Waals surface area (Å²) in [6.07, 6.45) is 2.09. The van der Waals surface area contributed by atoms with Gasteiger partial charge in [-0.05, 0) is 37.3 Å². The van der Waals surface area contributed by atoms with Crippen molar-refractivity contribution in [2.75, 3.05) is 6.61 Å². The van der Waals surface area contributed by atoms with Gasteiger partial charge in [0.25, 0.3) is 5.91 Å². The number of hydrogen-bond acceptors (Lipinski definition) is 5. The van der Waals surface area contributed by atoms with Gasteiger partial charge in [-0.2, -0.15) is 0 Å². The molecule has 1 saturated carbocycles. The first-order valence-corrected chi connectivity index (χ1v) is 9.91. The lowest BCUT2D eigenvalue weighted by Crippen LogP contribution is -2.33. The minimum absolute atomic E-state index is 0.116. The Morgan fingerprint density at radius 2 is 1.73 bits per heavy atom. The highest BCUT2D eigenvalue weighted by Crippen LogP contribution is 2.41. The van der Waals surface area contributed by atoms with Gasteiger partial charge in [-0.3, -0.25) is 4.79 Å². The minimum atomic E-state index is -0.873. The third kappa shape index (κ3) is 4.08. The Kier molecular flexibility index (Phi) is 5.31. The molecular weight excluding hydrogens is 382 g/mol. The Morgan fingerprint density at radius 3 is 2.40 bits per heavy atom. The second-order valence-corrected chi connectivity index (χ2v) is 7.71. The summed E-state index contributed by atoms with van der Waals surface area (Å²) in [7, 11) is 0. The predicted molar refractivity (Wildman–Crippen MR) is 112 cm³/mol. The standard InChI is InChI=1S/C24H23NO5/c1-14-6-8-15(9-7-14)22(16-10-11-16)25-21(27)13-30-24(29)19-12-20(26)17-4-2-3-5-18(17)23(19)28/h2-9,12,16,22,26,28H,10-11,13H2,1H3,(H,25,27). The molecule has 0 saturated heterocycles. The lowest BCUT2D eigenvalue weighted by molar-refractivity contribution is -0.125. The number of esters is 1. The Labute approximate surface area is 174 Å². The van der Waals surface area contributed by atoms with Crippen LogP contribution in [0, 0.1) is 12.8 Å². The highest BCUT2D eigenvalue weighted by Gasteiger charge is 2.33. The van der Waals surface area contributed by atoms with Crippen LogP contribution in [0.3, 0.4) is 0 Å². The van der Waals surface area contributed by atoms with E-state index in [4.69, 9.17) is 4.74 Å². The molecule has 0 aliphatic heterocycles. The monoisotopic (exact) mass is 405 g/mol. The van der Waals surface area contributed by atoms with Crippen LogP contribution < -0.4 is 5.32 Å². The molecule has 0 bridgehead atoms. The normalized spacial score (nSPS) is 14.3. The van der Waals surface area contributed by atoms with Gasteiger partial charge >= 0.3 is 5.97 Å². The molecule has 1 amide bonds. The smallest absolute Gasteiger partial charge is 0.342 e. The molecule has 1 unspecified atom stereocenters. The van der Waals surface area contributed by atoms with Crippen molar-refractivity contribution in [3.8, 4) is 11.5 Å². The third-order valence-electron chi connectivity index (χ3n) is 5.39.